The van der Waals surface area contributed by atoms with Gasteiger partial charge in [-0.1, -0.05) is 0 Å². The highest BCUT2D eigenvalue weighted by atomic mass is 32.1. The summed E-state index contributed by atoms with van der Waals surface area (Å²) in [4.78, 5) is 29.0. The molecule has 1 N–H and O–H groups in total. The van der Waals surface area contributed by atoms with Crippen molar-refractivity contribution in [3.8, 4) is 0 Å². The van der Waals surface area contributed by atoms with Crippen molar-refractivity contribution in [2.24, 2.45) is 0 Å². The summed E-state index contributed by atoms with van der Waals surface area (Å²) in [5, 5.41) is 3.07. The number of carbonyl (C=O) groups is 2. The monoisotopic (exact) mass is 312 g/mol. The Kier molecular flexibility index (Phi) is 4.51. The first kappa shape index (κ1) is 15.8. The van der Waals surface area contributed by atoms with Gasteiger partial charge in [-0.2, -0.15) is 0 Å². The SMILES string of the molecule is CCOC(=O)[C@H]1CCc2sc(NC(=O)OC(C)(C)C)nc21. The third-order valence-corrected chi connectivity index (χ3v) is 3.94. The number of nitrogens with zero attached hydrogens (tertiary/aromatic N) is 1. The van der Waals surface area contributed by atoms with E-state index in [9.17, 15) is 9.59 Å². The summed E-state index contributed by atoms with van der Waals surface area (Å²) >= 11 is 1.38. The summed E-state index contributed by atoms with van der Waals surface area (Å²) in [6.07, 6.45) is 0.967. The largest absolute Gasteiger partial charge is 0.465 e. The van der Waals surface area contributed by atoms with E-state index >= 15 is 0 Å². The molecule has 116 valence electrons. The van der Waals surface area contributed by atoms with E-state index in [0.29, 0.717) is 11.7 Å². The molecule has 2 rings (SSSR count). The molecule has 0 bridgehead atoms. The second-order valence-electron chi connectivity index (χ2n) is 5.80. The number of rotatable bonds is 3. The molecule has 1 atom stereocenters. The number of carbonyl (C=O) groups excluding carboxylic acids is 2. The van der Waals surface area contributed by atoms with Gasteiger partial charge in [-0.15, -0.1) is 11.3 Å². The zero-order chi connectivity index (χ0) is 15.6. The highest BCUT2D eigenvalue weighted by molar-refractivity contribution is 7.16. The van der Waals surface area contributed by atoms with E-state index in [1.807, 2.05) is 0 Å². The summed E-state index contributed by atoms with van der Waals surface area (Å²) in [5.74, 6) is -0.559. The molecular formula is C14H20N2O4S. The van der Waals surface area contributed by atoms with Crippen molar-refractivity contribution in [3.63, 3.8) is 0 Å². The molecule has 1 heterocycles. The van der Waals surface area contributed by atoms with E-state index in [1.165, 1.54) is 11.3 Å². The van der Waals surface area contributed by atoms with Gasteiger partial charge in [0.05, 0.1) is 12.3 Å². The second kappa shape index (κ2) is 6.01. The highest BCUT2D eigenvalue weighted by Gasteiger charge is 2.34. The Morgan fingerprint density at radius 2 is 2.14 bits per heavy atom. The predicted octanol–water partition coefficient (Wildman–Crippen LogP) is 3.08. The molecule has 1 aromatic heterocycles. The van der Waals surface area contributed by atoms with Crippen LogP contribution in [0.5, 0.6) is 0 Å². The van der Waals surface area contributed by atoms with Gasteiger partial charge in [0.25, 0.3) is 0 Å². The number of hydrogen-bond donors (Lipinski definition) is 1. The molecule has 0 aromatic carbocycles. The molecule has 0 spiro atoms. The Morgan fingerprint density at radius 3 is 2.76 bits per heavy atom. The number of esters is 1. The average molecular weight is 312 g/mol. The van der Waals surface area contributed by atoms with Gasteiger partial charge in [0.15, 0.2) is 5.13 Å². The molecule has 1 amide bonds. The number of nitrogens with one attached hydrogen (secondary N) is 1. The van der Waals surface area contributed by atoms with E-state index < -0.39 is 11.7 Å². The molecule has 0 unspecified atom stereocenters. The van der Waals surface area contributed by atoms with E-state index in [4.69, 9.17) is 9.47 Å². The first-order chi connectivity index (χ1) is 9.80. The first-order valence-electron chi connectivity index (χ1n) is 6.96. The fraction of sp³-hybridized carbons (Fsp3) is 0.643. The fourth-order valence-corrected chi connectivity index (χ4v) is 3.17. The lowest BCUT2D eigenvalue weighted by atomic mass is 10.1. The Labute approximate surface area is 127 Å². The van der Waals surface area contributed by atoms with Gasteiger partial charge in [-0.05, 0) is 40.5 Å². The van der Waals surface area contributed by atoms with Crippen molar-refractivity contribution in [3.05, 3.63) is 10.6 Å². The van der Waals surface area contributed by atoms with E-state index in [0.717, 1.165) is 23.4 Å². The number of thiazole rings is 1. The molecule has 21 heavy (non-hydrogen) atoms. The molecule has 1 aliphatic rings. The molecule has 0 aliphatic heterocycles. The number of hydrogen-bond acceptors (Lipinski definition) is 6. The first-order valence-corrected chi connectivity index (χ1v) is 7.78. The number of aryl methyl sites for hydroxylation is 1. The van der Waals surface area contributed by atoms with Crippen LogP contribution in [0.3, 0.4) is 0 Å². The third-order valence-electron chi connectivity index (χ3n) is 2.90. The Morgan fingerprint density at radius 1 is 1.43 bits per heavy atom. The average Bonchev–Trinajstić information content (AvgIpc) is 2.85. The van der Waals surface area contributed by atoms with Crippen molar-refractivity contribution in [2.75, 3.05) is 11.9 Å². The van der Waals surface area contributed by atoms with Crippen LogP contribution in [0.4, 0.5) is 9.93 Å². The molecule has 0 saturated heterocycles. The van der Waals surface area contributed by atoms with Crippen LogP contribution in [-0.2, 0) is 20.7 Å². The van der Waals surface area contributed by atoms with Gasteiger partial charge in [0.1, 0.15) is 11.5 Å². The summed E-state index contributed by atoms with van der Waals surface area (Å²) in [6.45, 7) is 7.53. The van der Waals surface area contributed by atoms with Crippen molar-refractivity contribution in [2.45, 2.75) is 52.1 Å². The Balaban J connectivity index is 2.05. The Hall–Kier alpha value is -1.63. The summed E-state index contributed by atoms with van der Waals surface area (Å²) < 4.78 is 10.2. The zero-order valence-corrected chi connectivity index (χ0v) is 13.5. The lowest BCUT2D eigenvalue weighted by molar-refractivity contribution is -0.145. The normalized spacial score (nSPS) is 17.2. The molecule has 0 fully saturated rings. The standard InChI is InChI=1S/C14H20N2O4S/c1-5-19-11(17)8-6-7-9-10(8)15-12(21-9)16-13(18)20-14(2,3)4/h8H,5-7H2,1-4H3,(H,15,16,18)/t8-/m0/s1. The maximum absolute atomic E-state index is 11.9. The maximum Gasteiger partial charge on any atom is 0.413 e. The topological polar surface area (TPSA) is 77.5 Å². The summed E-state index contributed by atoms with van der Waals surface area (Å²) in [6, 6.07) is 0. The predicted molar refractivity (Wildman–Crippen MR) is 79.7 cm³/mol. The van der Waals surface area contributed by atoms with Crippen LogP contribution in [0.15, 0.2) is 0 Å². The maximum atomic E-state index is 11.9. The van der Waals surface area contributed by atoms with E-state index in [1.54, 1.807) is 27.7 Å². The molecule has 0 radical (unpaired) electrons. The van der Waals surface area contributed by atoms with Crippen molar-refractivity contribution in [1.29, 1.82) is 0 Å². The van der Waals surface area contributed by atoms with Gasteiger partial charge in [-0.3, -0.25) is 10.1 Å². The van der Waals surface area contributed by atoms with Crippen molar-refractivity contribution < 1.29 is 19.1 Å². The minimum Gasteiger partial charge on any atom is -0.465 e. The van der Waals surface area contributed by atoms with Crippen molar-refractivity contribution >= 4 is 28.5 Å². The summed E-state index contributed by atoms with van der Waals surface area (Å²) in [7, 11) is 0. The van der Waals surface area contributed by atoms with Crippen LogP contribution in [0, 0.1) is 0 Å². The number of aromatic nitrogens is 1. The zero-order valence-electron chi connectivity index (χ0n) is 12.7. The number of fused-ring (bicyclic) bond motifs is 1. The van der Waals surface area contributed by atoms with Crippen LogP contribution in [-0.4, -0.2) is 29.3 Å². The summed E-state index contributed by atoms with van der Waals surface area (Å²) in [5.41, 5.74) is 0.168. The number of anilines is 1. The van der Waals surface area contributed by atoms with Crippen LogP contribution in [0.25, 0.3) is 0 Å². The molecule has 6 nitrogen and oxygen atoms in total. The highest BCUT2D eigenvalue weighted by Crippen LogP contribution is 2.39. The van der Waals surface area contributed by atoms with Gasteiger partial charge >= 0.3 is 12.1 Å². The van der Waals surface area contributed by atoms with E-state index in [2.05, 4.69) is 10.3 Å². The molecule has 0 saturated carbocycles. The van der Waals surface area contributed by atoms with Gasteiger partial charge < -0.3 is 9.47 Å². The van der Waals surface area contributed by atoms with Gasteiger partial charge in [-0.25, -0.2) is 9.78 Å². The van der Waals surface area contributed by atoms with Gasteiger partial charge in [0.2, 0.25) is 0 Å². The fourth-order valence-electron chi connectivity index (χ4n) is 2.14. The van der Waals surface area contributed by atoms with Crippen LogP contribution in [0.2, 0.25) is 0 Å². The third kappa shape index (κ3) is 3.93. The van der Waals surface area contributed by atoms with Crippen LogP contribution < -0.4 is 5.32 Å². The second-order valence-corrected chi connectivity index (χ2v) is 6.88. The lowest BCUT2D eigenvalue weighted by Crippen LogP contribution is -2.27. The van der Waals surface area contributed by atoms with Crippen LogP contribution in [0.1, 0.15) is 50.6 Å². The molecule has 1 aliphatic carbocycles. The molecule has 1 aromatic rings. The molecule has 7 heteroatoms. The van der Waals surface area contributed by atoms with E-state index in [-0.39, 0.29) is 11.9 Å². The number of amides is 1. The van der Waals surface area contributed by atoms with Gasteiger partial charge in [0, 0.05) is 4.88 Å². The van der Waals surface area contributed by atoms with Crippen molar-refractivity contribution in [1.82, 2.24) is 4.98 Å². The number of ether oxygens (including phenoxy) is 2. The Bertz CT molecular complexity index is 548. The molecular weight excluding hydrogens is 292 g/mol. The smallest absolute Gasteiger partial charge is 0.413 e. The lowest BCUT2D eigenvalue weighted by Gasteiger charge is -2.19. The van der Waals surface area contributed by atoms with Crippen LogP contribution >= 0.6 is 11.3 Å². The minimum absolute atomic E-state index is 0.245. The quantitative estimate of drug-likeness (QED) is 0.868. The minimum atomic E-state index is -0.558.